The average molecular weight is 347 g/mol. The topological polar surface area (TPSA) is 15.3 Å². The fourth-order valence-electron chi connectivity index (χ4n) is 2.70. The van der Waals surface area contributed by atoms with Gasteiger partial charge >= 0.3 is 0 Å². The molecule has 0 spiro atoms. The molecule has 1 N–H and O–H groups in total. The van der Waals surface area contributed by atoms with E-state index >= 15 is 0 Å². The van der Waals surface area contributed by atoms with E-state index in [1.54, 1.807) is 0 Å². The van der Waals surface area contributed by atoms with E-state index in [2.05, 4.69) is 88.6 Å². The molecule has 0 saturated heterocycles. The third-order valence-corrected chi connectivity index (χ3v) is 4.28. The van der Waals surface area contributed by atoms with Gasteiger partial charge in [-0.3, -0.25) is 0 Å². The fourth-order valence-corrected chi connectivity index (χ4v) is 3.15. The molecule has 0 aromatic heterocycles. The molecular formula is C18H23BrN2. The minimum absolute atomic E-state index is 0.395. The van der Waals surface area contributed by atoms with Crippen molar-refractivity contribution in [2.24, 2.45) is 0 Å². The zero-order chi connectivity index (χ0) is 15.2. The Kier molecular flexibility index (Phi) is 5.83. The van der Waals surface area contributed by atoms with Gasteiger partial charge in [0, 0.05) is 29.8 Å². The summed E-state index contributed by atoms with van der Waals surface area (Å²) in [7, 11) is 4.18. The van der Waals surface area contributed by atoms with Crippen molar-refractivity contribution in [2.45, 2.75) is 25.9 Å². The van der Waals surface area contributed by atoms with Crippen LogP contribution in [0.15, 0.2) is 53.0 Å². The lowest BCUT2D eigenvalue weighted by atomic mass is 10.0. The molecule has 112 valence electrons. The van der Waals surface area contributed by atoms with Gasteiger partial charge in [0.25, 0.3) is 0 Å². The van der Waals surface area contributed by atoms with Crippen LogP contribution in [0.2, 0.25) is 0 Å². The van der Waals surface area contributed by atoms with Crippen LogP contribution in [0.25, 0.3) is 0 Å². The average Bonchev–Trinajstić information content (AvgIpc) is 2.49. The molecule has 21 heavy (non-hydrogen) atoms. The summed E-state index contributed by atoms with van der Waals surface area (Å²) in [4.78, 5) is 2.32. The van der Waals surface area contributed by atoms with Crippen LogP contribution in [0, 0.1) is 0 Å². The molecule has 0 aliphatic heterocycles. The standard InChI is InChI=1S/C18H23BrN2/c1-4-17(20-2)16-10-5-6-11-18(16)21(3)13-14-8-7-9-15(19)12-14/h5-12,17,20H,4,13H2,1-3H3. The number of nitrogens with zero attached hydrogens (tertiary/aromatic N) is 1. The Morgan fingerprint density at radius 3 is 2.57 bits per heavy atom. The summed E-state index contributed by atoms with van der Waals surface area (Å²) in [6.07, 6.45) is 1.08. The van der Waals surface area contributed by atoms with Gasteiger partial charge in [-0.2, -0.15) is 0 Å². The largest absolute Gasteiger partial charge is 0.370 e. The van der Waals surface area contributed by atoms with Crippen molar-refractivity contribution in [2.75, 3.05) is 19.0 Å². The normalized spacial score (nSPS) is 12.2. The molecule has 0 aliphatic rings. The summed E-state index contributed by atoms with van der Waals surface area (Å²) in [5.74, 6) is 0. The molecule has 2 rings (SSSR count). The molecule has 0 bridgehead atoms. The lowest BCUT2D eigenvalue weighted by molar-refractivity contribution is 0.575. The maximum absolute atomic E-state index is 3.54. The number of rotatable bonds is 6. The molecule has 0 fully saturated rings. The predicted molar refractivity (Wildman–Crippen MR) is 94.8 cm³/mol. The molecule has 0 aliphatic carbocycles. The molecular weight excluding hydrogens is 324 g/mol. The van der Waals surface area contributed by atoms with Gasteiger partial charge in [0.05, 0.1) is 0 Å². The van der Waals surface area contributed by atoms with Crippen molar-refractivity contribution in [1.29, 1.82) is 0 Å². The molecule has 2 aromatic carbocycles. The second-order valence-corrected chi connectivity index (χ2v) is 6.21. The summed E-state index contributed by atoms with van der Waals surface area (Å²) >= 11 is 3.54. The van der Waals surface area contributed by atoms with Crippen molar-refractivity contribution in [3.63, 3.8) is 0 Å². The van der Waals surface area contributed by atoms with E-state index in [1.807, 2.05) is 7.05 Å². The van der Waals surface area contributed by atoms with Crippen molar-refractivity contribution >= 4 is 21.6 Å². The van der Waals surface area contributed by atoms with Gasteiger partial charge in [-0.15, -0.1) is 0 Å². The molecule has 2 aromatic rings. The highest BCUT2D eigenvalue weighted by Crippen LogP contribution is 2.28. The maximum atomic E-state index is 3.54. The third-order valence-electron chi connectivity index (χ3n) is 3.79. The number of halogens is 1. The fraction of sp³-hybridized carbons (Fsp3) is 0.333. The lowest BCUT2D eigenvalue weighted by Crippen LogP contribution is -2.22. The van der Waals surface area contributed by atoms with Crippen LogP contribution in [0.4, 0.5) is 5.69 Å². The second kappa shape index (κ2) is 7.62. The molecule has 0 saturated carbocycles. The highest BCUT2D eigenvalue weighted by Gasteiger charge is 2.14. The monoisotopic (exact) mass is 346 g/mol. The zero-order valence-electron chi connectivity index (χ0n) is 12.9. The van der Waals surface area contributed by atoms with Gasteiger partial charge in [0.1, 0.15) is 0 Å². The van der Waals surface area contributed by atoms with Crippen LogP contribution >= 0.6 is 15.9 Å². The molecule has 2 nitrogen and oxygen atoms in total. The summed E-state index contributed by atoms with van der Waals surface area (Å²) in [5.41, 5.74) is 3.96. The van der Waals surface area contributed by atoms with Gasteiger partial charge in [-0.05, 0) is 42.8 Å². The third kappa shape index (κ3) is 4.08. The number of hydrogen-bond acceptors (Lipinski definition) is 2. The number of nitrogens with one attached hydrogen (secondary N) is 1. The first kappa shape index (κ1) is 16.1. The smallest absolute Gasteiger partial charge is 0.0426 e. The van der Waals surface area contributed by atoms with E-state index in [-0.39, 0.29) is 0 Å². The van der Waals surface area contributed by atoms with Gasteiger partial charge in [0.2, 0.25) is 0 Å². The van der Waals surface area contributed by atoms with E-state index < -0.39 is 0 Å². The number of anilines is 1. The highest BCUT2D eigenvalue weighted by molar-refractivity contribution is 9.10. The van der Waals surface area contributed by atoms with Crippen LogP contribution < -0.4 is 10.2 Å². The predicted octanol–water partition coefficient (Wildman–Crippen LogP) is 4.76. The molecule has 0 heterocycles. The Bertz CT molecular complexity index is 579. The van der Waals surface area contributed by atoms with E-state index in [9.17, 15) is 0 Å². The SMILES string of the molecule is CCC(NC)c1ccccc1N(C)Cc1cccc(Br)c1. The van der Waals surface area contributed by atoms with Gasteiger partial charge < -0.3 is 10.2 Å². The Labute approximate surface area is 136 Å². The zero-order valence-corrected chi connectivity index (χ0v) is 14.5. The highest BCUT2D eigenvalue weighted by atomic mass is 79.9. The molecule has 0 radical (unpaired) electrons. The van der Waals surface area contributed by atoms with Crippen LogP contribution in [0.5, 0.6) is 0 Å². The van der Waals surface area contributed by atoms with Crippen molar-refractivity contribution in [1.82, 2.24) is 5.32 Å². The number of benzene rings is 2. The molecule has 3 heteroatoms. The van der Waals surface area contributed by atoms with Crippen LogP contribution in [0.1, 0.15) is 30.5 Å². The van der Waals surface area contributed by atoms with Crippen LogP contribution in [-0.4, -0.2) is 14.1 Å². The van der Waals surface area contributed by atoms with E-state index in [4.69, 9.17) is 0 Å². The quantitative estimate of drug-likeness (QED) is 0.811. The second-order valence-electron chi connectivity index (χ2n) is 5.29. The van der Waals surface area contributed by atoms with Crippen LogP contribution in [-0.2, 0) is 6.54 Å². The van der Waals surface area contributed by atoms with Gasteiger partial charge in [0.15, 0.2) is 0 Å². The summed E-state index contributed by atoms with van der Waals surface area (Å²) in [6, 6.07) is 17.5. The first-order chi connectivity index (χ1) is 10.2. The van der Waals surface area contributed by atoms with Crippen molar-refractivity contribution in [3.8, 4) is 0 Å². The van der Waals surface area contributed by atoms with Crippen molar-refractivity contribution in [3.05, 3.63) is 64.1 Å². The van der Waals surface area contributed by atoms with Crippen molar-refractivity contribution < 1.29 is 0 Å². The van der Waals surface area contributed by atoms with E-state index in [0.29, 0.717) is 6.04 Å². The summed E-state index contributed by atoms with van der Waals surface area (Å²) < 4.78 is 1.13. The summed E-state index contributed by atoms with van der Waals surface area (Å²) in [6.45, 7) is 3.11. The summed E-state index contributed by atoms with van der Waals surface area (Å²) in [5, 5.41) is 3.40. The molecule has 0 amide bonds. The maximum Gasteiger partial charge on any atom is 0.0426 e. The number of para-hydroxylation sites is 1. The van der Waals surface area contributed by atoms with Gasteiger partial charge in [-0.1, -0.05) is 53.2 Å². The first-order valence-electron chi connectivity index (χ1n) is 7.37. The van der Waals surface area contributed by atoms with E-state index in [0.717, 1.165) is 17.4 Å². The molecule has 1 atom stereocenters. The molecule has 1 unspecified atom stereocenters. The Balaban J connectivity index is 2.25. The number of hydrogen-bond donors (Lipinski definition) is 1. The minimum atomic E-state index is 0.395. The Morgan fingerprint density at radius 1 is 1.14 bits per heavy atom. The Morgan fingerprint density at radius 2 is 1.90 bits per heavy atom. The lowest BCUT2D eigenvalue weighted by Gasteiger charge is -2.26. The van der Waals surface area contributed by atoms with Crippen LogP contribution in [0.3, 0.4) is 0 Å². The van der Waals surface area contributed by atoms with E-state index in [1.165, 1.54) is 16.8 Å². The van der Waals surface area contributed by atoms with Gasteiger partial charge in [-0.25, -0.2) is 0 Å². The first-order valence-corrected chi connectivity index (χ1v) is 8.16. The Hall–Kier alpha value is -1.32. The minimum Gasteiger partial charge on any atom is -0.370 e.